The van der Waals surface area contributed by atoms with Crippen molar-refractivity contribution in [2.45, 2.75) is 0 Å². The largest absolute Gasteiger partial charge is 0.506 e. The van der Waals surface area contributed by atoms with Gasteiger partial charge < -0.3 is 20.3 Å². The summed E-state index contributed by atoms with van der Waals surface area (Å²) in [5.41, 5.74) is 0.241. The zero-order valence-corrected chi connectivity index (χ0v) is 7.65. The maximum absolute atomic E-state index is 10.8. The topological polar surface area (TPSA) is 78.8 Å². The lowest BCUT2D eigenvalue weighted by molar-refractivity contribution is -0.118. The number of phenols is 1. The van der Waals surface area contributed by atoms with Crippen LogP contribution in [-0.2, 0) is 4.79 Å². The lowest BCUT2D eigenvalue weighted by Gasteiger charge is -2.07. The Morgan fingerprint density at radius 3 is 2.79 bits per heavy atom. The molecule has 0 saturated carbocycles. The summed E-state index contributed by atoms with van der Waals surface area (Å²) < 4.78 is 4.86. The summed E-state index contributed by atoms with van der Waals surface area (Å²) in [5, 5.41) is 20.2. The molecule has 0 aliphatic rings. The number of nitrogens with one attached hydrogen (secondary N) is 1. The predicted octanol–water partition coefficient (Wildman–Crippen LogP) is 0.332. The van der Waals surface area contributed by atoms with E-state index in [4.69, 9.17) is 9.84 Å². The first-order chi connectivity index (χ1) is 6.67. The molecule has 1 rings (SSSR count). The van der Waals surface area contributed by atoms with E-state index in [9.17, 15) is 9.90 Å². The molecule has 0 unspecified atom stereocenters. The fourth-order valence-electron chi connectivity index (χ4n) is 0.934. The molecule has 1 amide bonds. The Balaban J connectivity index is 2.83. The number of hydrogen-bond donors (Lipinski definition) is 3. The predicted molar refractivity (Wildman–Crippen MR) is 50.4 cm³/mol. The van der Waals surface area contributed by atoms with Gasteiger partial charge in [-0.1, -0.05) is 0 Å². The van der Waals surface area contributed by atoms with Gasteiger partial charge in [-0.2, -0.15) is 0 Å². The molecule has 76 valence electrons. The van der Waals surface area contributed by atoms with Gasteiger partial charge in [0.2, 0.25) is 5.91 Å². The van der Waals surface area contributed by atoms with Gasteiger partial charge in [0, 0.05) is 6.07 Å². The van der Waals surface area contributed by atoms with E-state index in [-0.39, 0.29) is 11.4 Å². The number of methoxy groups -OCH3 is 1. The Hall–Kier alpha value is -1.75. The van der Waals surface area contributed by atoms with E-state index >= 15 is 0 Å². The van der Waals surface area contributed by atoms with E-state index in [0.717, 1.165) is 0 Å². The molecule has 5 heteroatoms. The highest BCUT2D eigenvalue weighted by Crippen LogP contribution is 2.27. The first-order valence-electron chi connectivity index (χ1n) is 3.95. The molecule has 0 fully saturated rings. The molecule has 3 N–H and O–H groups in total. The number of anilines is 1. The number of hydrogen-bond acceptors (Lipinski definition) is 4. The second-order valence-corrected chi connectivity index (χ2v) is 2.59. The number of ether oxygens (including phenoxy) is 1. The van der Waals surface area contributed by atoms with Crippen LogP contribution in [0.25, 0.3) is 0 Å². The molecule has 0 spiro atoms. The van der Waals surface area contributed by atoms with Crippen LogP contribution in [0, 0.1) is 0 Å². The number of phenolic OH excluding ortho intramolecular Hbond substituents is 1. The van der Waals surface area contributed by atoms with Crippen LogP contribution in [0.5, 0.6) is 11.5 Å². The Morgan fingerprint density at radius 1 is 1.57 bits per heavy atom. The monoisotopic (exact) mass is 197 g/mol. The number of benzene rings is 1. The fourth-order valence-corrected chi connectivity index (χ4v) is 0.934. The van der Waals surface area contributed by atoms with Gasteiger partial charge in [-0.05, 0) is 12.1 Å². The molecule has 0 aromatic heterocycles. The van der Waals surface area contributed by atoms with E-state index in [0.29, 0.717) is 5.75 Å². The third kappa shape index (κ3) is 2.37. The number of carbonyl (C=O) groups is 1. The van der Waals surface area contributed by atoms with Crippen LogP contribution in [0.2, 0.25) is 0 Å². The maximum atomic E-state index is 10.8. The smallest absolute Gasteiger partial charge is 0.250 e. The Labute approximate surface area is 80.9 Å². The summed E-state index contributed by atoms with van der Waals surface area (Å²) in [6.07, 6.45) is 0. The molecule has 0 saturated heterocycles. The number of aliphatic hydroxyl groups excluding tert-OH is 1. The molecule has 0 aliphatic heterocycles. The Morgan fingerprint density at radius 2 is 2.29 bits per heavy atom. The van der Waals surface area contributed by atoms with Crippen LogP contribution < -0.4 is 10.1 Å². The molecule has 0 bridgehead atoms. The van der Waals surface area contributed by atoms with Crippen LogP contribution in [-0.4, -0.2) is 29.8 Å². The van der Waals surface area contributed by atoms with E-state index in [1.165, 1.54) is 19.2 Å². The number of aliphatic hydroxyl groups is 1. The summed E-state index contributed by atoms with van der Waals surface area (Å²) in [6.45, 7) is -0.620. The SMILES string of the molecule is COc1ccc(NC(=O)CO)c(O)c1. The summed E-state index contributed by atoms with van der Waals surface area (Å²) in [6, 6.07) is 4.45. The van der Waals surface area contributed by atoms with Crippen molar-refractivity contribution >= 4 is 11.6 Å². The molecule has 1 aromatic carbocycles. The number of carbonyl (C=O) groups excluding carboxylic acids is 1. The standard InChI is InChI=1S/C9H11NO4/c1-14-6-2-3-7(8(12)4-6)10-9(13)5-11/h2-4,11-12H,5H2,1H3,(H,10,13). The molecule has 0 radical (unpaired) electrons. The van der Waals surface area contributed by atoms with Crippen molar-refractivity contribution in [1.82, 2.24) is 0 Å². The van der Waals surface area contributed by atoms with Gasteiger partial charge >= 0.3 is 0 Å². The summed E-state index contributed by atoms with van der Waals surface area (Å²) in [5.74, 6) is -0.193. The van der Waals surface area contributed by atoms with E-state index < -0.39 is 12.5 Å². The van der Waals surface area contributed by atoms with Crippen molar-refractivity contribution in [3.8, 4) is 11.5 Å². The molecule has 0 atom stereocenters. The van der Waals surface area contributed by atoms with Gasteiger partial charge in [0.15, 0.2) is 0 Å². The van der Waals surface area contributed by atoms with Crippen LogP contribution in [0.4, 0.5) is 5.69 Å². The van der Waals surface area contributed by atoms with Crippen molar-refractivity contribution in [1.29, 1.82) is 0 Å². The molecular formula is C9H11NO4. The third-order valence-electron chi connectivity index (χ3n) is 1.62. The summed E-state index contributed by atoms with van der Waals surface area (Å²) in [7, 11) is 1.47. The lowest BCUT2D eigenvalue weighted by atomic mass is 10.2. The number of rotatable bonds is 3. The lowest BCUT2D eigenvalue weighted by Crippen LogP contribution is -2.15. The van der Waals surface area contributed by atoms with Crippen molar-refractivity contribution in [3.05, 3.63) is 18.2 Å². The first kappa shape index (κ1) is 10.3. The van der Waals surface area contributed by atoms with Crippen LogP contribution in [0.1, 0.15) is 0 Å². The zero-order valence-electron chi connectivity index (χ0n) is 7.65. The first-order valence-corrected chi connectivity index (χ1v) is 3.95. The second kappa shape index (κ2) is 4.48. The highest BCUT2D eigenvalue weighted by atomic mass is 16.5. The van der Waals surface area contributed by atoms with Crippen molar-refractivity contribution in [3.63, 3.8) is 0 Å². The van der Waals surface area contributed by atoms with Gasteiger partial charge in [-0.3, -0.25) is 4.79 Å². The minimum absolute atomic E-state index is 0.105. The number of aromatic hydroxyl groups is 1. The zero-order chi connectivity index (χ0) is 10.6. The maximum Gasteiger partial charge on any atom is 0.250 e. The van der Waals surface area contributed by atoms with Crippen LogP contribution in [0.3, 0.4) is 0 Å². The van der Waals surface area contributed by atoms with Crippen molar-refractivity contribution in [2.75, 3.05) is 19.0 Å². The molecule has 0 heterocycles. The van der Waals surface area contributed by atoms with Gasteiger partial charge in [0.05, 0.1) is 12.8 Å². The van der Waals surface area contributed by atoms with E-state index in [1.807, 2.05) is 0 Å². The van der Waals surface area contributed by atoms with Gasteiger partial charge in [-0.25, -0.2) is 0 Å². The van der Waals surface area contributed by atoms with Gasteiger partial charge in [-0.15, -0.1) is 0 Å². The van der Waals surface area contributed by atoms with E-state index in [1.54, 1.807) is 6.07 Å². The molecule has 14 heavy (non-hydrogen) atoms. The van der Waals surface area contributed by atoms with Crippen LogP contribution >= 0.6 is 0 Å². The van der Waals surface area contributed by atoms with Gasteiger partial charge in [0.25, 0.3) is 0 Å². The fraction of sp³-hybridized carbons (Fsp3) is 0.222. The minimum Gasteiger partial charge on any atom is -0.506 e. The quantitative estimate of drug-likeness (QED) is 0.610. The molecule has 1 aromatic rings. The third-order valence-corrected chi connectivity index (χ3v) is 1.62. The average Bonchev–Trinajstić information content (AvgIpc) is 2.20. The minimum atomic E-state index is -0.620. The number of amides is 1. The van der Waals surface area contributed by atoms with Crippen molar-refractivity contribution < 1.29 is 19.7 Å². The van der Waals surface area contributed by atoms with E-state index in [2.05, 4.69) is 5.32 Å². The van der Waals surface area contributed by atoms with Crippen LogP contribution in [0.15, 0.2) is 18.2 Å². The summed E-state index contributed by atoms with van der Waals surface area (Å²) >= 11 is 0. The molecule has 5 nitrogen and oxygen atoms in total. The summed E-state index contributed by atoms with van der Waals surface area (Å²) in [4.78, 5) is 10.8. The highest BCUT2D eigenvalue weighted by molar-refractivity contribution is 5.93. The Bertz CT molecular complexity index is 338. The second-order valence-electron chi connectivity index (χ2n) is 2.59. The van der Waals surface area contributed by atoms with Crippen molar-refractivity contribution in [2.24, 2.45) is 0 Å². The Kier molecular flexibility index (Phi) is 3.30. The highest BCUT2D eigenvalue weighted by Gasteiger charge is 2.05. The molecular weight excluding hydrogens is 186 g/mol. The van der Waals surface area contributed by atoms with Gasteiger partial charge in [0.1, 0.15) is 18.1 Å². The molecule has 0 aliphatic carbocycles. The normalized spacial score (nSPS) is 9.57. The average molecular weight is 197 g/mol.